The minimum Gasteiger partial charge on any atom is -0.481 e. The third-order valence-electron chi connectivity index (χ3n) is 3.20. The number of ketones is 1. The summed E-state index contributed by atoms with van der Waals surface area (Å²) >= 11 is 0. The van der Waals surface area contributed by atoms with Crippen LogP contribution in [0.4, 0.5) is 0 Å². The second kappa shape index (κ2) is 7.07. The molecule has 0 aliphatic carbocycles. The molecular weight excluding hydrogens is 274 g/mol. The fraction of sp³-hybridized carbons (Fsp3) is 0.818. The first-order valence-electron chi connectivity index (χ1n) is 6.08. The van der Waals surface area contributed by atoms with E-state index in [1.165, 1.54) is 0 Å². The second-order valence-corrected chi connectivity index (χ2v) is 4.74. The molecule has 20 heavy (non-hydrogen) atoms. The Hall–Kier alpha value is -1.10. The largest absolute Gasteiger partial charge is 0.481 e. The minimum atomic E-state index is -1.57. The first-order valence-corrected chi connectivity index (χ1v) is 6.08. The fourth-order valence-electron chi connectivity index (χ4n) is 2.00. The molecule has 0 spiro atoms. The van der Waals surface area contributed by atoms with E-state index in [0.29, 0.717) is 0 Å². The van der Waals surface area contributed by atoms with Crippen LogP contribution in [-0.2, 0) is 14.3 Å². The predicted molar refractivity (Wildman–Crippen MR) is 63.6 cm³/mol. The minimum absolute atomic E-state index is 0.421. The van der Waals surface area contributed by atoms with Crippen LogP contribution in [0.5, 0.6) is 0 Å². The van der Waals surface area contributed by atoms with Gasteiger partial charge in [0.2, 0.25) is 0 Å². The molecule has 6 atom stereocenters. The van der Waals surface area contributed by atoms with E-state index in [2.05, 4.69) is 0 Å². The Morgan fingerprint density at radius 3 is 2.15 bits per heavy atom. The van der Waals surface area contributed by atoms with Crippen molar-refractivity contribution in [1.82, 2.24) is 0 Å². The molecule has 0 unspecified atom stereocenters. The van der Waals surface area contributed by atoms with Gasteiger partial charge in [-0.15, -0.1) is 0 Å². The van der Waals surface area contributed by atoms with E-state index >= 15 is 0 Å². The molecule has 0 bridgehead atoms. The van der Waals surface area contributed by atoms with Gasteiger partial charge >= 0.3 is 5.97 Å². The van der Waals surface area contributed by atoms with Crippen LogP contribution in [0.2, 0.25) is 0 Å². The van der Waals surface area contributed by atoms with E-state index < -0.39 is 67.8 Å². The Labute approximate surface area is 114 Å². The number of Topliss-reactive ketones (excluding diaryl/α,β-unsaturated/α-hetero) is 1. The standard InChI is InChI=1S/C11H19NO8/c12-4(1-8(15)16)5(14)2-6-9(17)11(19)10(18)7(3-13)20-6/h4,6-7,9-11,13,17-19H,1-3,12H2,(H,15,16)/t4-,6-,7+,9-,10+,11+/m0/s1. The lowest BCUT2D eigenvalue weighted by atomic mass is 9.91. The van der Waals surface area contributed by atoms with E-state index in [1.54, 1.807) is 0 Å². The summed E-state index contributed by atoms with van der Waals surface area (Å²) in [5.74, 6) is -1.89. The zero-order valence-corrected chi connectivity index (χ0v) is 10.6. The molecule has 0 aromatic rings. The van der Waals surface area contributed by atoms with Gasteiger partial charge in [0.15, 0.2) is 5.78 Å². The molecule has 7 N–H and O–H groups in total. The van der Waals surface area contributed by atoms with E-state index in [9.17, 15) is 24.9 Å². The number of carboxylic acids is 1. The van der Waals surface area contributed by atoms with Crippen LogP contribution in [0.3, 0.4) is 0 Å². The van der Waals surface area contributed by atoms with Crippen molar-refractivity contribution in [2.24, 2.45) is 5.73 Å². The smallest absolute Gasteiger partial charge is 0.305 e. The van der Waals surface area contributed by atoms with E-state index in [4.69, 9.17) is 20.7 Å². The highest BCUT2D eigenvalue weighted by Crippen LogP contribution is 2.23. The van der Waals surface area contributed by atoms with Crippen molar-refractivity contribution < 1.29 is 39.9 Å². The lowest BCUT2D eigenvalue weighted by molar-refractivity contribution is -0.229. The maximum atomic E-state index is 11.7. The third-order valence-corrected chi connectivity index (χ3v) is 3.20. The molecule has 116 valence electrons. The fourth-order valence-corrected chi connectivity index (χ4v) is 2.00. The van der Waals surface area contributed by atoms with E-state index in [0.717, 1.165) is 0 Å². The molecule has 1 aliphatic heterocycles. The van der Waals surface area contributed by atoms with E-state index in [1.807, 2.05) is 0 Å². The molecule has 9 heteroatoms. The van der Waals surface area contributed by atoms with Crippen LogP contribution in [-0.4, -0.2) is 80.5 Å². The molecular formula is C11H19NO8. The number of ether oxygens (including phenoxy) is 1. The highest BCUT2D eigenvalue weighted by molar-refractivity contribution is 5.88. The lowest BCUT2D eigenvalue weighted by Crippen LogP contribution is -2.59. The number of hydrogen-bond acceptors (Lipinski definition) is 8. The van der Waals surface area contributed by atoms with Crippen LogP contribution in [0, 0.1) is 0 Å². The van der Waals surface area contributed by atoms with Crippen molar-refractivity contribution in [2.75, 3.05) is 6.61 Å². The number of rotatable bonds is 6. The highest BCUT2D eigenvalue weighted by atomic mass is 16.5. The van der Waals surface area contributed by atoms with Crippen LogP contribution in [0.15, 0.2) is 0 Å². The summed E-state index contributed by atoms with van der Waals surface area (Å²) < 4.78 is 5.12. The molecule has 1 rings (SSSR count). The summed E-state index contributed by atoms with van der Waals surface area (Å²) in [4.78, 5) is 22.1. The number of carboxylic acid groups (broad SMARTS) is 1. The van der Waals surface area contributed by atoms with Gasteiger partial charge in [0.1, 0.15) is 24.4 Å². The second-order valence-electron chi connectivity index (χ2n) is 4.74. The first-order chi connectivity index (χ1) is 9.27. The Balaban J connectivity index is 2.66. The maximum Gasteiger partial charge on any atom is 0.305 e. The summed E-state index contributed by atoms with van der Waals surface area (Å²) in [5.41, 5.74) is 5.38. The number of aliphatic carboxylic acids is 1. The van der Waals surface area contributed by atoms with Crippen molar-refractivity contribution in [3.8, 4) is 0 Å². The number of hydrogen-bond donors (Lipinski definition) is 6. The Morgan fingerprint density at radius 1 is 1.10 bits per heavy atom. The molecule has 0 radical (unpaired) electrons. The molecule has 0 amide bonds. The Kier molecular flexibility index (Phi) is 5.99. The van der Waals surface area contributed by atoms with Crippen molar-refractivity contribution in [1.29, 1.82) is 0 Å². The van der Waals surface area contributed by atoms with Gasteiger partial charge in [-0.1, -0.05) is 0 Å². The zero-order valence-electron chi connectivity index (χ0n) is 10.6. The van der Waals surface area contributed by atoms with Gasteiger partial charge in [-0.2, -0.15) is 0 Å². The van der Waals surface area contributed by atoms with Gasteiger partial charge in [0.05, 0.1) is 25.2 Å². The molecule has 1 heterocycles. The SMILES string of the molecule is N[C@@H](CC(=O)O)C(=O)C[C@@H]1O[C@H](CO)[C@@H](O)[C@H](O)[C@H]1O. The molecule has 0 saturated carbocycles. The van der Waals surface area contributed by atoms with Crippen LogP contribution in [0.1, 0.15) is 12.8 Å². The van der Waals surface area contributed by atoms with Gasteiger partial charge in [-0.05, 0) is 0 Å². The molecule has 9 nitrogen and oxygen atoms in total. The molecule has 0 aromatic heterocycles. The topological polar surface area (TPSA) is 171 Å². The Bertz CT molecular complexity index is 360. The van der Waals surface area contributed by atoms with Crippen LogP contribution in [0.25, 0.3) is 0 Å². The van der Waals surface area contributed by atoms with E-state index in [-0.39, 0.29) is 0 Å². The maximum absolute atomic E-state index is 11.7. The average Bonchev–Trinajstić information content (AvgIpc) is 2.38. The number of aliphatic hydroxyl groups excluding tert-OH is 4. The predicted octanol–water partition coefficient (Wildman–Crippen LogP) is -3.41. The normalized spacial score (nSPS) is 35.5. The zero-order chi connectivity index (χ0) is 15.4. The van der Waals surface area contributed by atoms with Crippen LogP contribution >= 0.6 is 0 Å². The number of carbonyl (C=O) groups excluding carboxylic acids is 1. The molecule has 1 saturated heterocycles. The van der Waals surface area contributed by atoms with Crippen molar-refractivity contribution in [2.45, 2.75) is 49.4 Å². The van der Waals surface area contributed by atoms with Gasteiger partial charge in [-0.3, -0.25) is 9.59 Å². The number of nitrogens with two attached hydrogens (primary N) is 1. The summed E-state index contributed by atoms with van der Waals surface area (Å²) in [7, 11) is 0. The van der Waals surface area contributed by atoms with Crippen molar-refractivity contribution in [3.05, 3.63) is 0 Å². The van der Waals surface area contributed by atoms with Crippen molar-refractivity contribution >= 4 is 11.8 Å². The monoisotopic (exact) mass is 293 g/mol. The summed E-state index contributed by atoms with van der Waals surface area (Å²) in [6.45, 7) is -0.600. The van der Waals surface area contributed by atoms with Gasteiger partial charge in [-0.25, -0.2) is 0 Å². The quantitative estimate of drug-likeness (QED) is 0.292. The molecule has 1 fully saturated rings. The number of carbonyl (C=O) groups is 2. The molecule has 0 aromatic carbocycles. The van der Waals surface area contributed by atoms with Gasteiger partial charge < -0.3 is 36.0 Å². The summed E-state index contributed by atoms with van der Waals surface area (Å²) in [5, 5.41) is 46.3. The summed E-state index contributed by atoms with van der Waals surface area (Å²) in [6.07, 6.45) is -7.87. The van der Waals surface area contributed by atoms with Gasteiger partial charge in [0.25, 0.3) is 0 Å². The first kappa shape index (κ1) is 17.0. The van der Waals surface area contributed by atoms with Crippen molar-refractivity contribution in [3.63, 3.8) is 0 Å². The van der Waals surface area contributed by atoms with Gasteiger partial charge in [0, 0.05) is 6.42 Å². The molecule has 1 aliphatic rings. The highest BCUT2D eigenvalue weighted by Gasteiger charge is 2.44. The number of aliphatic hydroxyl groups is 4. The Morgan fingerprint density at radius 2 is 1.65 bits per heavy atom. The lowest BCUT2D eigenvalue weighted by Gasteiger charge is -2.40. The summed E-state index contributed by atoms with van der Waals surface area (Å²) in [6, 6.07) is -1.25. The average molecular weight is 293 g/mol. The third kappa shape index (κ3) is 3.95. The van der Waals surface area contributed by atoms with Crippen LogP contribution < -0.4 is 5.73 Å².